The van der Waals surface area contributed by atoms with Gasteiger partial charge in [-0.2, -0.15) is 0 Å². The lowest BCUT2D eigenvalue weighted by molar-refractivity contribution is -0.142. The van der Waals surface area contributed by atoms with Crippen LogP contribution in [-0.4, -0.2) is 96.1 Å². The third-order valence-electron chi connectivity index (χ3n) is 6.56. The number of nitrogens with zero attached hydrogens (tertiary/aromatic N) is 2. The number of aryl methyl sites for hydroxylation is 1. The van der Waals surface area contributed by atoms with E-state index >= 15 is 0 Å². The van der Waals surface area contributed by atoms with Crippen LogP contribution in [0, 0.1) is 5.92 Å². The molecule has 8 heteroatoms. The molecule has 1 saturated heterocycles. The summed E-state index contributed by atoms with van der Waals surface area (Å²) < 4.78 is 11.0. The molecule has 0 spiro atoms. The molecule has 2 rings (SSSR count). The number of aliphatic hydroxyl groups excluding tert-OH is 2. The number of amides is 2. The Labute approximate surface area is 210 Å². The minimum atomic E-state index is -1.20. The van der Waals surface area contributed by atoms with Gasteiger partial charge in [0.1, 0.15) is 18.3 Å². The Balaban J connectivity index is 2.28. The van der Waals surface area contributed by atoms with Crippen molar-refractivity contribution in [3.63, 3.8) is 0 Å². The lowest BCUT2D eigenvalue weighted by Gasteiger charge is -2.38. The second-order valence-electron chi connectivity index (χ2n) is 9.89. The largest absolute Gasteiger partial charge is 0.388 e. The fourth-order valence-electron chi connectivity index (χ4n) is 4.56. The van der Waals surface area contributed by atoms with Gasteiger partial charge in [0.2, 0.25) is 11.8 Å². The number of methoxy groups -OCH3 is 1. The summed E-state index contributed by atoms with van der Waals surface area (Å²) in [7, 11) is 1.45. The van der Waals surface area contributed by atoms with Gasteiger partial charge in [0, 0.05) is 52.7 Å². The maximum Gasteiger partial charge on any atom is 0.223 e. The number of rotatable bonds is 6. The van der Waals surface area contributed by atoms with Crippen molar-refractivity contribution in [2.24, 2.45) is 5.92 Å². The molecule has 8 nitrogen and oxygen atoms in total. The van der Waals surface area contributed by atoms with Crippen molar-refractivity contribution >= 4 is 11.8 Å². The van der Waals surface area contributed by atoms with Crippen molar-refractivity contribution in [3.05, 3.63) is 35.9 Å². The molecule has 1 aromatic rings. The summed E-state index contributed by atoms with van der Waals surface area (Å²) in [5.41, 5.74) is 1.12. The predicted molar refractivity (Wildman–Crippen MR) is 135 cm³/mol. The number of benzene rings is 1. The second-order valence-corrected chi connectivity index (χ2v) is 9.89. The first-order valence-corrected chi connectivity index (χ1v) is 12.8. The summed E-state index contributed by atoms with van der Waals surface area (Å²) in [4.78, 5) is 29.7. The molecule has 0 unspecified atom stereocenters. The summed E-state index contributed by atoms with van der Waals surface area (Å²) in [5.74, 6) is 0.239. The van der Waals surface area contributed by atoms with Crippen LogP contribution in [0.3, 0.4) is 0 Å². The molecule has 0 aliphatic carbocycles. The Kier molecular flexibility index (Phi) is 12.7. The predicted octanol–water partition coefficient (Wildman–Crippen LogP) is 2.26. The van der Waals surface area contributed by atoms with Gasteiger partial charge >= 0.3 is 0 Å². The van der Waals surface area contributed by atoms with Crippen molar-refractivity contribution in [2.45, 2.75) is 77.2 Å². The maximum atomic E-state index is 13.5. The molecule has 35 heavy (non-hydrogen) atoms. The molecular weight excluding hydrogens is 448 g/mol. The van der Waals surface area contributed by atoms with Crippen LogP contribution in [0.2, 0.25) is 0 Å². The lowest BCUT2D eigenvalue weighted by Crippen LogP contribution is -2.53. The highest BCUT2D eigenvalue weighted by atomic mass is 16.5. The fourth-order valence-corrected chi connectivity index (χ4v) is 4.56. The van der Waals surface area contributed by atoms with E-state index in [0.717, 1.165) is 24.8 Å². The molecule has 0 radical (unpaired) electrons. The number of carbonyl (C=O) groups is 2. The van der Waals surface area contributed by atoms with Gasteiger partial charge in [0.25, 0.3) is 0 Å². The van der Waals surface area contributed by atoms with E-state index in [0.29, 0.717) is 38.5 Å². The van der Waals surface area contributed by atoms with E-state index in [-0.39, 0.29) is 31.0 Å². The summed E-state index contributed by atoms with van der Waals surface area (Å²) >= 11 is 0. The SMILES string of the molecule is CO[C@@H]1CN(C(C)=O)C[C@@H](CC(C)C)N(C(=O)CCc2ccccc2)CCCCOC[C@@H](O)[C@H]1O. The summed E-state index contributed by atoms with van der Waals surface area (Å²) in [5, 5.41) is 21.0. The Morgan fingerprint density at radius 3 is 2.49 bits per heavy atom. The molecule has 0 bridgehead atoms. The molecule has 2 amide bonds. The van der Waals surface area contributed by atoms with Crippen LogP contribution in [0.4, 0.5) is 0 Å². The van der Waals surface area contributed by atoms with Gasteiger partial charge in [-0.05, 0) is 37.2 Å². The first kappa shape index (κ1) is 29.2. The molecule has 0 aromatic heterocycles. The summed E-state index contributed by atoms with van der Waals surface area (Å²) in [6.07, 6.45) is 0.217. The molecule has 1 aromatic carbocycles. The molecule has 198 valence electrons. The number of hydrogen-bond donors (Lipinski definition) is 2. The highest BCUT2D eigenvalue weighted by Crippen LogP contribution is 2.19. The highest BCUT2D eigenvalue weighted by molar-refractivity contribution is 5.77. The molecule has 1 aliphatic heterocycles. The van der Waals surface area contributed by atoms with Crippen LogP contribution >= 0.6 is 0 Å². The van der Waals surface area contributed by atoms with E-state index in [9.17, 15) is 19.8 Å². The fraction of sp³-hybridized carbons (Fsp3) is 0.704. The number of ether oxygens (including phenoxy) is 2. The van der Waals surface area contributed by atoms with Crippen molar-refractivity contribution in [1.82, 2.24) is 9.80 Å². The maximum absolute atomic E-state index is 13.5. The molecule has 1 heterocycles. The Morgan fingerprint density at radius 1 is 1.14 bits per heavy atom. The minimum Gasteiger partial charge on any atom is -0.388 e. The van der Waals surface area contributed by atoms with Crippen LogP contribution in [0.15, 0.2) is 30.3 Å². The van der Waals surface area contributed by atoms with Gasteiger partial charge in [0.05, 0.1) is 6.61 Å². The van der Waals surface area contributed by atoms with E-state index < -0.39 is 18.3 Å². The number of carbonyl (C=O) groups excluding carboxylic acids is 2. The van der Waals surface area contributed by atoms with Crippen molar-refractivity contribution < 1.29 is 29.3 Å². The van der Waals surface area contributed by atoms with E-state index in [1.165, 1.54) is 14.0 Å². The van der Waals surface area contributed by atoms with E-state index in [4.69, 9.17) is 9.47 Å². The summed E-state index contributed by atoms with van der Waals surface area (Å²) in [6, 6.07) is 9.82. The first-order chi connectivity index (χ1) is 16.7. The van der Waals surface area contributed by atoms with Crippen LogP contribution < -0.4 is 0 Å². The number of aliphatic hydroxyl groups is 2. The third-order valence-corrected chi connectivity index (χ3v) is 6.56. The molecule has 4 atom stereocenters. The topological polar surface area (TPSA) is 99.5 Å². The monoisotopic (exact) mass is 492 g/mol. The average molecular weight is 493 g/mol. The Bertz CT molecular complexity index is 759. The van der Waals surface area contributed by atoms with Gasteiger partial charge in [-0.1, -0.05) is 44.2 Å². The molecule has 0 saturated carbocycles. The summed E-state index contributed by atoms with van der Waals surface area (Å²) in [6.45, 7) is 7.17. The minimum absolute atomic E-state index is 0.0171. The zero-order chi connectivity index (χ0) is 25.8. The van der Waals surface area contributed by atoms with Crippen molar-refractivity contribution in [2.75, 3.05) is 40.0 Å². The van der Waals surface area contributed by atoms with Crippen LogP contribution in [-0.2, 0) is 25.5 Å². The molecule has 1 fully saturated rings. The number of hydrogen-bond acceptors (Lipinski definition) is 6. The van der Waals surface area contributed by atoms with Crippen LogP contribution in [0.1, 0.15) is 52.0 Å². The standard InChI is InChI=1S/C27H44N2O6/c1-20(2)16-23-17-28(21(3)30)18-25(34-4)27(33)24(31)19-35-15-9-8-14-29(23)26(32)13-12-22-10-6-5-7-11-22/h5-7,10-11,20,23-25,27,31,33H,8-9,12-19H2,1-4H3/t23-,24-,25-,27-/m1/s1. The molecular formula is C27H44N2O6. The first-order valence-electron chi connectivity index (χ1n) is 12.8. The van der Waals surface area contributed by atoms with Crippen LogP contribution in [0.25, 0.3) is 0 Å². The zero-order valence-corrected chi connectivity index (χ0v) is 21.8. The van der Waals surface area contributed by atoms with Gasteiger partial charge < -0.3 is 29.5 Å². The lowest BCUT2D eigenvalue weighted by atomic mass is 9.99. The Hall–Kier alpha value is -2.00. The van der Waals surface area contributed by atoms with Crippen molar-refractivity contribution in [1.29, 1.82) is 0 Å². The van der Waals surface area contributed by atoms with Crippen molar-refractivity contribution in [3.8, 4) is 0 Å². The van der Waals surface area contributed by atoms with E-state index in [1.54, 1.807) is 4.90 Å². The van der Waals surface area contributed by atoms with Gasteiger partial charge in [-0.3, -0.25) is 9.59 Å². The zero-order valence-electron chi connectivity index (χ0n) is 21.8. The van der Waals surface area contributed by atoms with Crippen LogP contribution in [0.5, 0.6) is 0 Å². The van der Waals surface area contributed by atoms with Gasteiger partial charge in [0.15, 0.2) is 0 Å². The highest BCUT2D eigenvalue weighted by Gasteiger charge is 2.32. The van der Waals surface area contributed by atoms with E-state index in [2.05, 4.69) is 13.8 Å². The average Bonchev–Trinajstić information content (AvgIpc) is 2.83. The molecule has 1 aliphatic rings. The Morgan fingerprint density at radius 2 is 1.86 bits per heavy atom. The molecule has 2 N–H and O–H groups in total. The smallest absolute Gasteiger partial charge is 0.223 e. The normalized spacial score (nSPS) is 25.3. The quantitative estimate of drug-likeness (QED) is 0.632. The van der Waals surface area contributed by atoms with Gasteiger partial charge in [-0.25, -0.2) is 0 Å². The van der Waals surface area contributed by atoms with Gasteiger partial charge in [-0.15, -0.1) is 0 Å². The van der Waals surface area contributed by atoms with E-state index in [1.807, 2.05) is 35.2 Å². The second kappa shape index (κ2) is 15.2. The third kappa shape index (κ3) is 9.88.